The minimum absolute atomic E-state index is 0.222. The highest BCUT2D eigenvalue weighted by Gasteiger charge is 2.28. The highest BCUT2D eigenvalue weighted by atomic mass is 16.4. The largest absolute Gasteiger partial charge is 0.456 e. The molecule has 1 unspecified atom stereocenters. The molecule has 0 saturated heterocycles. The zero-order valence-corrected chi connectivity index (χ0v) is 9.88. The van der Waals surface area contributed by atoms with E-state index in [0.29, 0.717) is 5.76 Å². The second-order valence-corrected chi connectivity index (χ2v) is 4.09. The third-order valence-corrected chi connectivity index (χ3v) is 2.51. The van der Waals surface area contributed by atoms with Gasteiger partial charge in [0.05, 0.1) is 0 Å². The van der Waals surface area contributed by atoms with Crippen LogP contribution in [0.2, 0.25) is 0 Å². The SMILES string of the molecule is CC(O)(NC(N)=O)c1ccc(-c2ccccc2)o1. The summed E-state index contributed by atoms with van der Waals surface area (Å²) in [4.78, 5) is 10.8. The zero-order valence-electron chi connectivity index (χ0n) is 9.88. The molecule has 0 aliphatic heterocycles. The Morgan fingerprint density at radius 3 is 2.56 bits per heavy atom. The standard InChI is InChI=1S/C13H14N2O3/c1-13(17,15-12(14)16)11-8-7-10(18-11)9-5-3-2-4-6-9/h2-8,17H,1H3,(H3,14,15,16). The number of nitrogens with two attached hydrogens (primary N) is 1. The van der Waals surface area contributed by atoms with Crippen LogP contribution >= 0.6 is 0 Å². The van der Waals surface area contributed by atoms with E-state index in [1.54, 1.807) is 12.1 Å². The Hall–Kier alpha value is -2.27. The fourth-order valence-electron chi connectivity index (χ4n) is 1.66. The summed E-state index contributed by atoms with van der Waals surface area (Å²) in [6.45, 7) is 1.39. The van der Waals surface area contributed by atoms with Gasteiger partial charge in [0.15, 0.2) is 11.5 Å². The van der Waals surface area contributed by atoms with Gasteiger partial charge in [0.25, 0.3) is 0 Å². The second kappa shape index (κ2) is 4.54. The predicted octanol–water partition coefficient (Wildman–Crippen LogP) is 1.78. The third-order valence-electron chi connectivity index (χ3n) is 2.51. The van der Waals surface area contributed by atoms with Crippen molar-refractivity contribution in [1.82, 2.24) is 5.32 Å². The maximum atomic E-state index is 10.8. The fourth-order valence-corrected chi connectivity index (χ4v) is 1.66. The molecule has 0 bridgehead atoms. The van der Waals surface area contributed by atoms with E-state index in [4.69, 9.17) is 10.2 Å². The Morgan fingerprint density at radius 2 is 1.94 bits per heavy atom. The van der Waals surface area contributed by atoms with Gasteiger partial charge in [-0.05, 0) is 19.1 Å². The Bertz CT molecular complexity index is 546. The highest BCUT2D eigenvalue weighted by molar-refractivity contribution is 5.72. The van der Waals surface area contributed by atoms with Crippen molar-refractivity contribution >= 4 is 6.03 Å². The normalized spacial score (nSPS) is 13.9. The summed E-state index contributed by atoms with van der Waals surface area (Å²) in [5.41, 5.74) is 4.24. The van der Waals surface area contributed by atoms with Crippen LogP contribution in [0.25, 0.3) is 11.3 Å². The molecule has 0 aliphatic rings. The first-order chi connectivity index (χ1) is 8.49. The summed E-state index contributed by atoms with van der Waals surface area (Å²) in [6.07, 6.45) is 0. The van der Waals surface area contributed by atoms with Gasteiger partial charge >= 0.3 is 6.03 Å². The first kappa shape index (κ1) is 12.2. The zero-order chi connectivity index (χ0) is 13.2. The maximum Gasteiger partial charge on any atom is 0.314 e. The Kier molecular flexibility index (Phi) is 3.08. The number of rotatable bonds is 3. The Morgan fingerprint density at radius 1 is 1.28 bits per heavy atom. The van der Waals surface area contributed by atoms with Crippen molar-refractivity contribution in [2.45, 2.75) is 12.6 Å². The average Bonchev–Trinajstić information content (AvgIpc) is 2.78. The summed E-state index contributed by atoms with van der Waals surface area (Å²) in [6, 6.07) is 11.9. The number of hydrogen-bond acceptors (Lipinski definition) is 3. The van der Waals surface area contributed by atoms with Crippen LogP contribution in [0.1, 0.15) is 12.7 Å². The number of amides is 2. The van der Waals surface area contributed by atoms with Crippen molar-refractivity contribution in [1.29, 1.82) is 0 Å². The number of benzene rings is 1. The highest BCUT2D eigenvalue weighted by Crippen LogP contribution is 2.26. The molecule has 0 spiro atoms. The number of hydrogen-bond donors (Lipinski definition) is 3. The van der Waals surface area contributed by atoms with E-state index < -0.39 is 11.8 Å². The number of urea groups is 1. The molecule has 18 heavy (non-hydrogen) atoms. The molecule has 0 saturated carbocycles. The van der Waals surface area contributed by atoms with E-state index in [-0.39, 0.29) is 5.76 Å². The van der Waals surface area contributed by atoms with Crippen molar-refractivity contribution in [3.8, 4) is 11.3 Å². The van der Waals surface area contributed by atoms with Crippen LogP contribution in [0.5, 0.6) is 0 Å². The van der Waals surface area contributed by atoms with Gasteiger partial charge in [0.2, 0.25) is 0 Å². The second-order valence-electron chi connectivity index (χ2n) is 4.09. The van der Waals surface area contributed by atoms with Crippen molar-refractivity contribution < 1.29 is 14.3 Å². The van der Waals surface area contributed by atoms with E-state index >= 15 is 0 Å². The van der Waals surface area contributed by atoms with Crippen LogP contribution in [0.3, 0.4) is 0 Å². The number of nitrogens with one attached hydrogen (secondary N) is 1. The molecule has 1 aromatic carbocycles. The van der Waals surface area contributed by atoms with Crippen molar-refractivity contribution in [3.05, 3.63) is 48.2 Å². The van der Waals surface area contributed by atoms with Crippen molar-refractivity contribution in [2.75, 3.05) is 0 Å². The van der Waals surface area contributed by atoms with Crippen LogP contribution in [-0.4, -0.2) is 11.1 Å². The van der Waals surface area contributed by atoms with E-state index in [2.05, 4.69) is 5.32 Å². The lowest BCUT2D eigenvalue weighted by molar-refractivity contribution is 0.0124. The lowest BCUT2D eigenvalue weighted by atomic mass is 10.2. The third kappa shape index (κ3) is 2.52. The van der Waals surface area contributed by atoms with Gasteiger partial charge < -0.3 is 20.6 Å². The Balaban J connectivity index is 2.28. The monoisotopic (exact) mass is 246 g/mol. The van der Waals surface area contributed by atoms with E-state index in [1.165, 1.54) is 6.92 Å². The molecule has 0 fully saturated rings. The number of primary amides is 1. The molecule has 1 aromatic heterocycles. The van der Waals surface area contributed by atoms with Gasteiger partial charge in [-0.1, -0.05) is 30.3 Å². The molecule has 1 heterocycles. The Labute approximate surface area is 104 Å². The van der Waals surface area contributed by atoms with Crippen LogP contribution in [0.15, 0.2) is 46.9 Å². The van der Waals surface area contributed by atoms with Crippen molar-refractivity contribution in [3.63, 3.8) is 0 Å². The summed E-state index contributed by atoms with van der Waals surface area (Å²) < 4.78 is 5.52. The first-order valence-corrected chi connectivity index (χ1v) is 5.45. The quantitative estimate of drug-likeness (QED) is 0.721. The molecule has 0 aliphatic carbocycles. The van der Waals surface area contributed by atoms with Crippen molar-refractivity contribution in [2.24, 2.45) is 5.73 Å². The van der Waals surface area contributed by atoms with Crippen LogP contribution in [0.4, 0.5) is 4.79 Å². The minimum atomic E-state index is -1.63. The number of aliphatic hydroxyl groups is 1. The minimum Gasteiger partial charge on any atom is -0.456 e. The van der Waals surface area contributed by atoms with Gasteiger partial charge in [-0.3, -0.25) is 0 Å². The fraction of sp³-hybridized carbons (Fsp3) is 0.154. The van der Waals surface area contributed by atoms with Gasteiger partial charge in [0.1, 0.15) is 5.76 Å². The summed E-state index contributed by atoms with van der Waals surface area (Å²) in [5.74, 6) is 0.831. The number of furan rings is 1. The lowest BCUT2D eigenvalue weighted by Crippen LogP contribution is -2.45. The van der Waals surface area contributed by atoms with Gasteiger partial charge in [0, 0.05) is 5.56 Å². The molecule has 4 N–H and O–H groups in total. The maximum absolute atomic E-state index is 10.8. The van der Waals surface area contributed by atoms with Crippen LogP contribution in [-0.2, 0) is 5.72 Å². The van der Waals surface area contributed by atoms with Gasteiger partial charge in [-0.2, -0.15) is 0 Å². The molecular weight excluding hydrogens is 232 g/mol. The summed E-state index contributed by atoms with van der Waals surface area (Å²) in [5, 5.41) is 12.2. The van der Waals surface area contributed by atoms with Gasteiger partial charge in [-0.15, -0.1) is 0 Å². The molecule has 2 rings (SSSR count). The average molecular weight is 246 g/mol. The first-order valence-electron chi connectivity index (χ1n) is 5.45. The summed E-state index contributed by atoms with van der Waals surface area (Å²) >= 11 is 0. The smallest absolute Gasteiger partial charge is 0.314 e. The van der Waals surface area contributed by atoms with Crippen LogP contribution in [0, 0.1) is 0 Å². The molecule has 0 radical (unpaired) electrons. The lowest BCUT2D eigenvalue weighted by Gasteiger charge is -2.20. The topological polar surface area (TPSA) is 88.5 Å². The molecule has 94 valence electrons. The summed E-state index contributed by atoms with van der Waals surface area (Å²) in [7, 11) is 0. The molecule has 2 aromatic rings. The molecule has 5 heteroatoms. The molecular formula is C13H14N2O3. The van der Waals surface area contributed by atoms with E-state index in [0.717, 1.165) is 5.56 Å². The van der Waals surface area contributed by atoms with E-state index in [9.17, 15) is 9.90 Å². The predicted molar refractivity (Wildman–Crippen MR) is 66.4 cm³/mol. The number of carbonyl (C=O) groups is 1. The van der Waals surface area contributed by atoms with E-state index in [1.807, 2.05) is 30.3 Å². The molecule has 5 nitrogen and oxygen atoms in total. The van der Waals surface area contributed by atoms with Gasteiger partial charge in [-0.25, -0.2) is 4.79 Å². The molecule has 1 atom stereocenters. The van der Waals surface area contributed by atoms with Crippen LogP contribution < -0.4 is 11.1 Å². The number of carbonyl (C=O) groups excluding carboxylic acids is 1. The molecule has 2 amide bonds.